The third kappa shape index (κ3) is 9.56. The predicted molar refractivity (Wildman–Crippen MR) is 142 cm³/mol. The highest BCUT2D eigenvalue weighted by Gasteiger charge is 2.25. The molecule has 188 valence electrons. The van der Waals surface area contributed by atoms with Crippen molar-refractivity contribution >= 4 is 0 Å². The first-order valence-electron chi connectivity index (χ1n) is 14.5. The summed E-state index contributed by atoms with van der Waals surface area (Å²) in [6.07, 6.45) is 25.0. The highest BCUT2D eigenvalue weighted by molar-refractivity contribution is 5.26. The van der Waals surface area contributed by atoms with Crippen LogP contribution in [0.4, 0.5) is 4.39 Å². The zero-order valence-electron chi connectivity index (χ0n) is 21.7. The number of rotatable bonds is 13. The Morgan fingerprint density at radius 3 is 1.97 bits per heavy atom. The van der Waals surface area contributed by atoms with Gasteiger partial charge in [0.25, 0.3) is 0 Å². The van der Waals surface area contributed by atoms with Gasteiger partial charge in [0.2, 0.25) is 0 Å². The molecule has 0 unspecified atom stereocenters. The molecule has 0 spiro atoms. The van der Waals surface area contributed by atoms with Crippen LogP contribution in [-0.4, -0.2) is 0 Å². The Morgan fingerprint density at radius 1 is 0.824 bits per heavy atom. The van der Waals surface area contributed by atoms with E-state index in [1.54, 1.807) is 11.6 Å². The van der Waals surface area contributed by atoms with E-state index in [1.165, 1.54) is 114 Å². The molecule has 0 heterocycles. The van der Waals surface area contributed by atoms with E-state index in [-0.39, 0.29) is 0 Å². The summed E-state index contributed by atoms with van der Waals surface area (Å²) in [7, 11) is 0. The topological polar surface area (TPSA) is 23.8 Å². The van der Waals surface area contributed by atoms with Crippen LogP contribution in [0, 0.1) is 29.1 Å². The van der Waals surface area contributed by atoms with E-state index in [2.05, 4.69) is 31.2 Å². The first-order chi connectivity index (χ1) is 16.7. The van der Waals surface area contributed by atoms with Crippen molar-refractivity contribution < 1.29 is 4.39 Å². The average molecular weight is 466 g/mol. The molecule has 3 rings (SSSR count). The van der Waals surface area contributed by atoms with Crippen LogP contribution in [0.25, 0.3) is 0 Å². The second kappa shape index (κ2) is 15.4. The van der Waals surface area contributed by atoms with Gasteiger partial charge >= 0.3 is 0 Å². The molecule has 34 heavy (non-hydrogen) atoms. The Kier molecular flexibility index (Phi) is 12.2. The monoisotopic (exact) mass is 465 g/mol. The first-order valence-corrected chi connectivity index (χ1v) is 14.5. The lowest BCUT2D eigenvalue weighted by Gasteiger charge is -2.32. The third-order valence-electron chi connectivity index (χ3n) is 8.82. The summed E-state index contributed by atoms with van der Waals surface area (Å²) in [6, 6.07) is 11.2. The Balaban J connectivity index is 1.27. The smallest absolute Gasteiger partial charge is 0.195 e. The SMILES string of the molecule is CCCCCCCc1ccc(C2CCC(CCC3CCC(CC/C=C(\F)C#N)CC3)CC2)cc1. The molecule has 0 saturated heterocycles. The van der Waals surface area contributed by atoms with Gasteiger partial charge in [-0.2, -0.15) is 9.65 Å². The maximum atomic E-state index is 12.9. The third-order valence-corrected chi connectivity index (χ3v) is 8.82. The van der Waals surface area contributed by atoms with Crippen molar-refractivity contribution in [2.24, 2.45) is 17.8 Å². The fourth-order valence-corrected chi connectivity index (χ4v) is 6.45. The average Bonchev–Trinajstić information content (AvgIpc) is 2.88. The summed E-state index contributed by atoms with van der Waals surface area (Å²) < 4.78 is 12.9. The van der Waals surface area contributed by atoms with Crippen molar-refractivity contribution in [3.8, 4) is 6.07 Å². The molecule has 0 atom stereocenters. The van der Waals surface area contributed by atoms with Gasteiger partial charge in [-0.25, -0.2) is 0 Å². The van der Waals surface area contributed by atoms with Gasteiger partial charge < -0.3 is 0 Å². The lowest BCUT2D eigenvalue weighted by Crippen LogP contribution is -2.17. The largest absolute Gasteiger partial charge is 0.196 e. The molecule has 0 aliphatic heterocycles. The van der Waals surface area contributed by atoms with Gasteiger partial charge in [0, 0.05) is 0 Å². The molecule has 0 aromatic heterocycles. The quantitative estimate of drug-likeness (QED) is 0.210. The molecule has 2 saturated carbocycles. The van der Waals surface area contributed by atoms with Gasteiger partial charge in [0.05, 0.1) is 0 Å². The number of hydrogen-bond acceptors (Lipinski definition) is 1. The molecule has 2 heteroatoms. The van der Waals surface area contributed by atoms with Crippen LogP contribution in [0.2, 0.25) is 0 Å². The van der Waals surface area contributed by atoms with E-state index in [0.717, 1.165) is 36.5 Å². The summed E-state index contributed by atoms with van der Waals surface area (Å²) in [5.74, 6) is 2.76. The van der Waals surface area contributed by atoms with E-state index in [9.17, 15) is 4.39 Å². The molecule has 2 aliphatic rings. The number of unbranched alkanes of at least 4 members (excludes halogenated alkanes) is 4. The Morgan fingerprint density at radius 2 is 1.38 bits per heavy atom. The van der Waals surface area contributed by atoms with Crippen molar-refractivity contribution in [1.82, 2.24) is 0 Å². The van der Waals surface area contributed by atoms with Crippen LogP contribution < -0.4 is 0 Å². The molecule has 1 nitrogen and oxygen atoms in total. The molecule has 1 aromatic rings. The van der Waals surface area contributed by atoms with Crippen molar-refractivity contribution in [3.05, 3.63) is 47.3 Å². The van der Waals surface area contributed by atoms with E-state index in [1.807, 2.05) is 0 Å². The number of nitriles is 1. The van der Waals surface area contributed by atoms with Gasteiger partial charge in [-0.05, 0) is 92.2 Å². The molecule has 0 amide bonds. The molecule has 1 aromatic carbocycles. The summed E-state index contributed by atoms with van der Waals surface area (Å²) in [4.78, 5) is 0. The maximum Gasteiger partial charge on any atom is 0.196 e. The second-order valence-electron chi connectivity index (χ2n) is 11.3. The van der Waals surface area contributed by atoms with E-state index in [0.29, 0.717) is 0 Å². The van der Waals surface area contributed by atoms with Gasteiger partial charge in [0.15, 0.2) is 5.83 Å². The molecular formula is C32H48FN. The number of benzene rings is 1. The van der Waals surface area contributed by atoms with Crippen LogP contribution in [0.5, 0.6) is 0 Å². The minimum atomic E-state index is -0.617. The Labute approximate surface area is 209 Å². The fraction of sp³-hybridized carbons (Fsp3) is 0.719. The molecule has 2 fully saturated rings. The van der Waals surface area contributed by atoms with Crippen LogP contribution in [-0.2, 0) is 6.42 Å². The first kappa shape index (κ1) is 27.0. The van der Waals surface area contributed by atoms with E-state index >= 15 is 0 Å². The minimum absolute atomic E-state index is 0.617. The lowest BCUT2D eigenvalue weighted by molar-refractivity contribution is 0.225. The van der Waals surface area contributed by atoms with Crippen molar-refractivity contribution in [2.45, 2.75) is 128 Å². The normalized spacial score (nSPS) is 25.7. The summed E-state index contributed by atoms with van der Waals surface area (Å²) >= 11 is 0. The fourth-order valence-electron chi connectivity index (χ4n) is 6.45. The summed E-state index contributed by atoms with van der Waals surface area (Å²) in [5, 5.41) is 8.51. The van der Waals surface area contributed by atoms with Crippen molar-refractivity contribution in [3.63, 3.8) is 0 Å². The Hall–Kier alpha value is -1.62. The second-order valence-corrected chi connectivity index (χ2v) is 11.3. The van der Waals surface area contributed by atoms with E-state index < -0.39 is 5.83 Å². The predicted octanol–water partition coefficient (Wildman–Crippen LogP) is 10.2. The van der Waals surface area contributed by atoms with Gasteiger partial charge in [-0.15, -0.1) is 0 Å². The molecule has 0 radical (unpaired) electrons. The van der Waals surface area contributed by atoms with Crippen molar-refractivity contribution in [1.29, 1.82) is 5.26 Å². The number of nitrogens with zero attached hydrogens (tertiary/aromatic N) is 1. The van der Waals surface area contributed by atoms with Gasteiger partial charge in [-0.1, -0.05) is 95.4 Å². The zero-order valence-corrected chi connectivity index (χ0v) is 21.7. The molecule has 0 N–H and O–H groups in total. The van der Waals surface area contributed by atoms with Crippen molar-refractivity contribution in [2.75, 3.05) is 0 Å². The number of aryl methyl sites for hydroxylation is 1. The van der Waals surface area contributed by atoms with Crippen LogP contribution in [0.3, 0.4) is 0 Å². The van der Waals surface area contributed by atoms with Crippen LogP contribution in [0.15, 0.2) is 36.2 Å². The molecule has 0 bridgehead atoms. The zero-order chi connectivity index (χ0) is 24.0. The molecular weight excluding hydrogens is 417 g/mol. The van der Waals surface area contributed by atoms with E-state index in [4.69, 9.17) is 5.26 Å². The highest BCUT2D eigenvalue weighted by Crippen LogP contribution is 2.40. The minimum Gasteiger partial charge on any atom is -0.195 e. The van der Waals surface area contributed by atoms with Gasteiger partial charge in [0.1, 0.15) is 6.07 Å². The number of halogens is 1. The van der Waals surface area contributed by atoms with Crippen LogP contribution >= 0.6 is 0 Å². The standard InChI is InChI=1S/C32H48FN/c1-2-3-4-5-6-8-26-17-21-30(22-18-26)31-23-19-29(20-24-31)16-15-28-13-11-27(12-14-28)9-7-10-32(33)25-34/h10,17-18,21-22,27-29,31H,2-9,11-16,19-20,23-24H2,1H3/b32-10-. The van der Waals surface area contributed by atoms with Crippen LogP contribution in [0.1, 0.15) is 133 Å². The number of hydrogen-bond donors (Lipinski definition) is 0. The molecule has 2 aliphatic carbocycles. The highest BCUT2D eigenvalue weighted by atomic mass is 19.1. The number of allylic oxidation sites excluding steroid dienone is 2. The van der Waals surface area contributed by atoms with Gasteiger partial charge in [-0.3, -0.25) is 0 Å². The summed E-state index contributed by atoms with van der Waals surface area (Å²) in [6.45, 7) is 2.28. The maximum absolute atomic E-state index is 12.9. The lowest BCUT2D eigenvalue weighted by atomic mass is 9.74. The summed E-state index contributed by atoms with van der Waals surface area (Å²) in [5.41, 5.74) is 3.10. The Bertz CT molecular complexity index is 742.